The van der Waals surface area contributed by atoms with Crippen molar-refractivity contribution in [2.24, 2.45) is 0 Å². The van der Waals surface area contributed by atoms with E-state index in [1.165, 1.54) is 22.4 Å². The normalized spacial score (nSPS) is 14.4. The summed E-state index contributed by atoms with van der Waals surface area (Å²) in [5, 5.41) is 0. The van der Waals surface area contributed by atoms with Gasteiger partial charge in [-0.2, -0.15) is 0 Å². The van der Waals surface area contributed by atoms with E-state index in [-0.39, 0.29) is 0 Å². The van der Waals surface area contributed by atoms with Crippen LogP contribution in [0.5, 0.6) is 0 Å². The van der Waals surface area contributed by atoms with Crippen LogP contribution in [0.4, 0.5) is 0 Å². The Labute approximate surface area is 143 Å². The van der Waals surface area contributed by atoms with E-state index in [9.17, 15) is 0 Å². The van der Waals surface area contributed by atoms with Crippen LogP contribution in [0.15, 0.2) is 60.7 Å². The molecule has 0 unspecified atom stereocenters. The molecule has 0 aliphatic carbocycles. The van der Waals surface area contributed by atoms with Crippen molar-refractivity contribution in [3.8, 4) is 11.3 Å². The summed E-state index contributed by atoms with van der Waals surface area (Å²) in [6.07, 6.45) is 1.01. The minimum Gasteiger partial charge on any atom is -0.293 e. The summed E-state index contributed by atoms with van der Waals surface area (Å²) < 4.78 is 0. The van der Waals surface area contributed by atoms with Gasteiger partial charge >= 0.3 is 0 Å². The Morgan fingerprint density at radius 2 is 1.62 bits per heavy atom. The summed E-state index contributed by atoms with van der Waals surface area (Å²) in [6.45, 7) is 4.91. The molecule has 3 nitrogen and oxygen atoms in total. The zero-order valence-electron chi connectivity index (χ0n) is 13.9. The third-order valence-electron chi connectivity index (χ3n) is 4.55. The first-order chi connectivity index (χ1) is 11.8. The molecule has 0 spiro atoms. The molecular formula is C21H21N3. The van der Waals surface area contributed by atoms with E-state index in [2.05, 4.69) is 59.5 Å². The van der Waals surface area contributed by atoms with E-state index in [0.717, 1.165) is 37.6 Å². The van der Waals surface area contributed by atoms with Gasteiger partial charge in [-0.25, -0.2) is 9.97 Å². The van der Waals surface area contributed by atoms with Crippen LogP contribution in [0.3, 0.4) is 0 Å². The molecule has 0 N–H and O–H groups in total. The SMILES string of the molecule is Cc1nc2c(c(-c3ccccc3)n1)CCN(Cc1ccccc1)C2. The van der Waals surface area contributed by atoms with Gasteiger partial charge < -0.3 is 0 Å². The van der Waals surface area contributed by atoms with E-state index < -0.39 is 0 Å². The molecule has 0 saturated heterocycles. The Kier molecular flexibility index (Phi) is 4.09. The van der Waals surface area contributed by atoms with Gasteiger partial charge in [0.2, 0.25) is 0 Å². The van der Waals surface area contributed by atoms with Gasteiger partial charge in [0.1, 0.15) is 5.82 Å². The number of nitrogens with zero attached hydrogens (tertiary/aromatic N) is 3. The van der Waals surface area contributed by atoms with E-state index in [4.69, 9.17) is 9.97 Å². The van der Waals surface area contributed by atoms with E-state index >= 15 is 0 Å². The summed E-state index contributed by atoms with van der Waals surface area (Å²) in [5.74, 6) is 0.856. The molecule has 4 rings (SSSR count). The fourth-order valence-electron chi connectivity index (χ4n) is 3.42. The maximum absolute atomic E-state index is 4.74. The second-order valence-corrected chi connectivity index (χ2v) is 6.36. The molecule has 1 aromatic heterocycles. The van der Waals surface area contributed by atoms with Gasteiger partial charge in [-0.05, 0) is 18.9 Å². The molecule has 0 fully saturated rings. The minimum absolute atomic E-state index is 0.856. The number of aromatic nitrogens is 2. The number of aryl methyl sites for hydroxylation is 1. The number of fused-ring (bicyclic) bond motifs is 1. The molecule has 1 aliphatic rings. The second-order valence-electron chi connectivity index (χ2n) is 6.36. The third kappa shape index (κ3) is 3.08. The average Bonchev–Trinajstić information content (AvgIpc) is 2.62. The molecule has 0 amide bonds. The lowest BCUT2D eigenvalue weighted by Gasteiger charge is -2.29. The molecular weight excluding hydrogens is 294 g/mol. The molecule has 2 aromatic carbocycles. The molecule has 0 saturated carbocycles. The van der Waals surface area contributed by atoms with Gasteiger partial charge in [-0.15, -0.1) is 0 Å². The Hall–Kier alpha value is -2.52. The maximum Gasteiger partial charge on any atom is 0.126 e. The molecule has 0 bridgehead atoms. The fourth-order valence-corrected chi connectivity index (χ4v) is 3.42. The highest BCUT2D eigenvalue weighted by molar-refractivity contribution is 5.64. The smallest absolute Gasteiger partial charge is 0.126 e. The number of benzene rings is 2. The Morgan fingerprint density at radius 3 is 2.38 bits per heavy atom. The first-order valence-electron chi connectivity index (χ1n) is 8.48. The predicted molar refractivity (Wildman–Crippen MR) is 96.5 cm³/mol. The summed E-state index contributed by atoms with van der Waals surface area (Å²) >= 11 is 0. The van der Waals surface area contributed by atoms with Crippen molar-refractivity contribution in [1.29, 1.82) is 0 Å². The average molecular weight is 315 g/mol. The number of rotatable bonds is 3. The van der Waals surface area contributed by atoms with Crippen LogP contribution in [0.1, 0.15) is 22.6 Å². The van der Waals surface area contributed by atoms with Crippen molar-refractivity contribution in [3.05, 3.63) is 83.3 Å². The lowest BCUT2D eigenvalue weighted by molar-refractivity contribution is 0.241. The van der Waals surface area contributed by atoms with Gasteiger partial charge in [0.15, 0.2) is 0 Å². The van der Waals surface area contributed by atoms with Gasteiger partial charge in [0.05, 0.1) is 11.4 Å². The van der Waals surface area contributed by atoms with Gasteiger partial charge in [-0.1, -0.05) is 60.7 Å². The van der Waals surface area contributed by atoms with Crippen molar-refractivity contribution in [2.75, 3.05) is 6.54 Å². The lowest BCUT2D eigenvalue weighted by Crippen LogP contribution is -2.31. The summed E-state index contributed by atoms with van der Waals surface area (Å²) in [4.78, 5) is 11.9. The largest absolute Gasteiger partial charge is 0.293 e. The van der Waals surface area contributed by atoms with Crippen LogP contribution in [-0.2, 0) is 19.5 Å². The molecule has 24 heavy (non-hydrogen) atoms. The van der Waals surface area contributed by atoms with E-state index in [1.807, 2.05) is 13.0 Å². The monoisotopic (exact) mass is 315 g/mol. The standard InChI is InChI=1S/C21H21N3/c1-16-22-20-15-24(14-17-8-4-2-5-9-17)13-12-19(20)21(23-16)18-10-6-3-7-11-18/h2-11H,12-15H2,1H3. The molecule has 3 heteroatoms. The van der Waals surface area contributed by atoms with Crippen molar-refractivity contribution < 1.29 is 0 Å². The number of hydrogen-bond donors (Lipinski definition) is 0. The lowest BCUT2D eigenvalue weighted by atomic mass is 9.98. The highest BCUT2D eigenvalue weighted by atomic mass is 15.1. The second kappa shape index (κ2) is 6.54. The van der Waals surface area contributed by atoms with Crippen LogP contribution in [0.25, 0.3) is 11.3 Å². The highest BCUT2D eigenvalue weighted by Gasteiger charge is 2.22. The molecule has 3 aromatic rings. The van der Waals surface area contributed by atoms with Crippen LogP contribution in [-0.4, -0.2) is 21.4 Å². The molecule has 1 aliphatic heterocycles. The van der Waals surface area contributed by atoms with Crippen LogP contribution >= 0.6 is 0 Å². The van der Waals surface area contributed by atoms with Crippen molar-refractivity contribution in [2.45, 2.75) is 26.4 Å². The summed E-state index contributed by atoms with van der Waals surface area (Å²) in [7, 11) is 0. The molecule has 0 atom stereocenters. The Morgan fingerprint density at radius 1 is 0.917 bits per heavy atom. The summed E-state index contributed by atoms with van der Waals surface area (Å²) in [6, 6.07) is 21.1. The van der Waals surface area contributed by atoms with Crippen molar-refractivity contribution in [3.63, 3.8) is 0 Å². The topological polar surface area (TPSA) is 29.0 Å². The van der Waals surface area contributed by atoms with E-state index in [0.29, 0.717) is 0 Å². The first-order valence-corrected chi connectivity index (χ1v) is 8.48. The minimum atomic E-state index is 0.856. The maximum atomic E-state index is 4.74. The Balaban J connectivity index is 1.64. The highest BCUT2D eigenvalue weighted by Crippen LogP contribution is 2.28. The predicted octanol–water partition coefficient (Wildman–Crippen LogP) is 4.01. The zero-order valence-corrected chi connectivity index (χ0v) is 13.9. The van der Waals surface area contributed by atoms with Crippen LogP contribution in [0, 0.1) is 6.92 Å². The van der Waals surface area contributed by atoms with E-state index in [1.54, 1.807) is 0 Å². The van der Waals surface area contributed by atoms with Crippen LogP contribution < -0.4 is 0 Å². The van der Waals surface area contributed by atoms with Crippen LogP contribution in [0.2, 0.25) is 0 Å². The molecule has 0 radical (unpaired) electrons. The van der Waals surface area contributed by atoms with Gasteiger partial charge in [-0.3, -0.25) is 4.90 Å². The number of hydrogen-bond acceptors (Lipinski definition) is 3. The molecule has 2 heterocycles. The quantitative estimate of drug-likeness (QED) is 0.731. The van der Waals surface area contributed by atoms with Gasteiger partial charge in [0.25, 0.3) is 0 Å². The van der Waals surface area contributed by atoms with Crippen molar-refractivity contribution in [1.82, 2.24) is 14.9 Å². The summed E-state index contributed by atoms with van der Waals surface area (Å²) in [5.41, 5.74) is 6.16. The first kappa shape index (κ1) is 15.0. The Bertz CT molecular complexity index is 828. The van der Waals surface area contributed by atoms with Crippen molar-refractivity contribution >= 4 is 0 Å². The third-order valence-corrected chi connectivity index (χ3v) is 4.55. The molecule has 120 valence electrons. The van der Waals surface area contributed by atoms with Gasteiger partial charge in [0, 0.05) is 30.8 Å². The fraction of sp³-hybridized carbons (Fsp3) is 0.238. The zero-order chi connectivity index (χ0) is 16.4.